The lowest BCUT2D eigenvalue weighted by Crippen LogP contribution is -2.08. The minimum atomic E-state index is 0.213. The number of aromatic hydroxyl groups is 1. The lowest BCUT2D eigenvalue weighted by Gasteiger charge is -1.95. The molecule has 2 rings (SSSR count). The van der Waals surface area contributed by atoms with Crippen molar-refractivity contribution in [1.29, 1.82) is 0 Å². The summed E-state index contributed by atoms with van der Waals surface area (Å²) in [6.45, 7) is 0. The number of thiocarbonyl (C=S) groups is 1. The Balaban J connectivity index is 2.79. The van der Waals surface area contributed by atoms with Crippen LogP contribution in [0.5, 0.6) is 5.75 Å². The molecule has 4 N–H and O–H groups in total. The van der Waals surface area contributed by atoms with Gasteiger partial charge in [0.15, 0.2) is 0 Å². The summed E-state index contributed by atoms with van der Waals surface area (Å²) in [6, 6.07) is 5.04. The number of benzene rings is 1. The van der Waals surface area contributed by atoms with Crippen molar-refractivity contribution in [3.63, 3.8) is 0 Å². The number of phenols is 1. The van der Waals surface area contributed by atoms with Crippen molar-refractivity contribution in [3.8, 4) is 5.75 Å². The maximum atomic E-state index is 9.26. The maximum Gasteiger partial charge on any atom is 0.116 e. The summed E-state index contributed by atoms with van der Waals surface area (Å²) in [4.78, 5) is 3.35. The van der Waals surface area contributed by atoms with E-state index in [9.17, 15) is 5.11 Å². The van der Waals surface area contributed by atoms with Crippen LogP contribution in [0.4, 0.5) is 0 Å². The Kier molecular flexibility index (Phi) is 1.70. The van der Waals surface area contributed by atoms with Crippen LogP contribution in [0.15, 0.2) is 24.4 Å². The number of hydrogen-bond donors (Lipinski definition) is 3. The second-order valence-electron chi connectivity index (χ2n) is 2.80. The predicted octanol–water partition coefficient (Wildman–Crippen LogP) is 1.51. The number of nitrogens with two attached hydrogens (primary N) is 1. The highest BCUT2D eigenvalue weighted by Gasteiger charge is 2.05. The zero-order valence-electron chi connectivity index (χ0n) is 6.74. The van der Waals surface area contributed by atoms with Gasteiger partial charge in [-0.1, -0.05) is 12.2 Å². The van der Waals surface area contributed by atoms with Crippen LogP contribution in [0, 0.1) is 0 Å². The molecule has 13 heavy (non-hydrogen) atoms. The lowest BCUT2D eigenvalue weighted by atomic mass is 10.2. The molecule has 0 atom stereocenters. The van der Waals surface area contributed by atoms with Crippen LogP contribution in [-0.2, 0) is 0 Å². The van der Waals surface area contributed by atoms with Gasteiger partial charge in [0.05, 0.1) is 0 Å². The van der Waals surface area contributed by atoms with Crippen LogP contribution in [0.25, 0.3) is 10.9 Å². The summed E-state index contributed by atoms with van der Waals surface area (Å²) < 4.78 is 0. The largest absolute Gasteiger partial charge is 0.508 e. The standard InChI is InChI=1S/C9H8N2OS/c10-9(13)7-4-11-8-2-1-5(12)3-6(7)8/h1-4,11-12H,(H2,10,13). The van der Waals surface area contributed by atoms with Gasteiger partial charge in [-0.15, -0.1) is 0 Å². The van der Waals surface area contributed by atoms with E-state index in [0.717, 1.165) is 16.5 Å². The summed E-state index contributed by atoms with van der Waals surface area (Å²) in [5.41, 5.74) is 7.19. The maximum absolute atomic E-state index is 9.26. The van der Waals surface area contributed by atoms with E-state index in [1.165, 1.54) is 0 Å². The summed E-state index contributed by atoms with van der Waals surface area (Å²) in [6.07, 6.45) is 1.74. The molecule has 0 saturated heterocycles. The zero-order chi connectivity index (χ0) is 9.42. The molecule has 0 unspecified atom stereocenters. The van der Waals surface area contributed by atoms with E-state index in [2.05, 4.69) is 4.98 Å². The van der Waals surface area contributed by atoms with Gasteiger partial charge < -0.3 is 15.8 Å². The molecular formula is C9H8N2OS. The summed E-state index contributed by atoms with van der Waals surface area (Å²) in [5, 5.41) is 10.1. The van der Waals surface area contributed by atoms with Gasteiger partial charge in [0.2, 0.25) is 0 Å². The van der Waals surface area contributed by atoms with Gasteiger partial charge in [0.25, 0.3) is 0 Å². The number of nitrogens with one attached hydrogen (secondary N) is 1. The Bertz CT molecular complexity index is 475. The number of H-pyrrole nitrogens is 1. The van der Waals surface area contributed by atoms with Crippen LogP contribution in [0.3, 0.4) is 0 Å². The van der Waals surface area contributed by atoms with Gasteiger partial charge in [-0.3, -0.25) is 0 Å². The normalized spacial score (nSPS) is 10.5. The number of hydrogen-bond acceptors (Lipinski definition) is 2. The van der Waals surface area contributed by atoms with E-state index < -0.39 is 0 Å². The molecule has 0 radical (unpaired) electrons. The summed E-state index contributed by atoms with van der Waals surface area (Å²) in [5.74, 6) is 0.213. The SMILES string of the molecule is NC(=S)c1c[nH]c2ccc(O)cc12. The Morgan fingerprint density at radius 3 is 2.92 bits per heavy atom. The average Bonchev–Trinajstić information content (AvgIpc) is 2.46. The van der Waals surface area contributed by atoms with Crippen molar-refractivity contribution in [2.24, 2.45) is 5.73 Å². The highest BCUT2D eigenvalue weighted by Crippen LogP contribution is 2.22. The third kappa shape index (κ3) is 1.25. The number of aromatic amines is 1. The molecule has 1 heterocycles. The van der Waals surface area contributed by atoms with E-state index in [4.69, 9.17) is 18.0 Å². The zero-order valence-corrected chi connectivity index (χ0v) is 7.56. The van der Waals surface area contributed by atoms with Crippen molar-refractivity contribution in [2.45, 2.75) is 0 Å². The first-order chi connectivity index (χ1) is 6.18. The van der Waals surface area contributed by atoms with Crippen molar-refractivity contribution in [1.82, 2.24) is 4.98 Å². The molecule has 1 aromatic carbocycles. The molecule has 0 amide bonds. The van der Waals surface area contributed by atoms with Crippen LogP contribution in [0.2, 0.25) is 0 Å². The second-order valence-corrected chi connectivity index (χ2v) is 3.24. The van der Waals surface area contributed by atoms with Gasteiger partial charge in [0, 0.05) is 22.7 Å². The number of fused-ring (bicyclic) bond motifs is 1. The van der Waals surface area contributed by atoms with Gasteiger partial charge in [0.1, 0.15) is 10.7 Å². The van der Waals surface area contributed by atoms with Crippen molar-refractivity contribution in [2.75, 3.05) is 0 Å². The summed E-state index contributed by atoms with van der Waals surface area (Å²) in [7, 11) is 0. The summed E-state index contributed by atoms with van der Waals surface area (Å²) >= 11 is 4.86. The third-order valence-electron chi connectivity index (χ3n) is 1.93. The molecule has 2 aromatic rings. The van der Waals surface area contributed by atoms with Gasteiger partial charge >= 0.3 is 0 Å². The number of phenolic OH excluding ortho intramolecular Hbond substituents is 1. The molecule has 0 spiro atoms. The van der Waals surface area contributed by atoms with Crippen LogP contribution < -0.4 is 5.73 Å². The smallest absolute Gasteiger partial charge is 0.116 e. The third-order valence-corrected chi connectivity index (χ3v) is 2.15. The van der Waals surface area contributed by atoms with Gasteiger partial charge in [-0.05, 0) is 18.2 Å². The fraction of sp³-hybridized carbons (Fsp3) is 0. The highest BCUT2D eigenvalue weighted by molar-refractivity contribution is 7.80. The van der Waals surface area contributed by atoms with E-state index in [1.54, 1.807) is 24.4 Å². The highest BCUT2D eigenvalue weighted by atomic mass is 32.1. The predicted molar refractivity (Wildman–Crippen MR) is 55.9 cm³/mol. The molecule has 0 bridgehead atoms. The molecule has 0 aliphatic heterocycles. The van der Waals surface area contributed by atoms with Gasteiger partial charge in [-0.2, -0.15) is 0 Å². The molecule has 0 aliphatic carbocycles. The number of aromatic nitrogens is 1. The molecule has 0 saturated carbocycles. The monoisotopic (exact) mass is 192 g/mol. The minimum absolute atomic E-state index is 0.213. The number of rotatable bonds is 1. The van der Waals surface area contributed by atoms with Crippen molar-refractivity contribution >= 4 is 28.1 Å². The first-order valence-corrected chi connectivity index (χ1v) is 4.19. The van der Waals surface area contributed by atoms with E-state index >= 15 is 0 Å². The minimum Gasteiger partial charge on any atom is -0.508 e. The fourth-order valence-electron chi connectivity index (χ4n) is 1.31. The fourth-order valence-corrected chi connectivity index (χ4v) is 1.48. The van der Waals surface area contributed by atoms with Crippen LogP contribution >= 0.6 is 12.2 Å². The molecule has 4 heteroatoms. The molecular weight excluding hydrogens is 184 g/mol. The Hall–Kier alpha value is -1.55. The van der Waals surface area contributed by atoms with Crippen LogP contribution in [0.1, 0.15) is 5.56 Å². The second kappa shape index (κ2) is 2.74. The van der Waals surface area contributed by atoms with E-state index in [-0.39, 0.29) is 5.75 Å². The van der Waals surface area contributed by atoms with Crippen LogP contribution in [-0.4, -0.2) is 15.1 Å². The first-order valence-electron chi connectivity index (χ1n) is 3.78. The van der Waals surface area contributed by atoms with E-state index in [0.29, 0.717) is 4.99 Å². The molecule has 1 aromatic heterocycles. The Morgan fingerprint density at radius 2 is 2.23 bits per heavy atom. The van der Waals surface area contributed by atoms with Gasteiger partial charge in [-0.25, -0.2) is 0 Å². The first kappa shape index (κ1) is 8.07. The Morgan fingerprint density at radius 1 is 1.46 bits per heavy atom. The molecule has 66 valence electrons. The van der Waals surface area contributed by atoms with Crippen molar-refractivity contribution in [3.05, 3.63) is 30.0 Å². The molecule has 3 nitrogen and oxygen atoms in total. The average molecular weight is 192 g/mol. The topological polar surface area (TPSA) is 62.0 Å². The molecule has 0 aliphatic rings. The van der Waals surface area contributed by atoms with E-state index in [1.807, 2.05) is 0 Å². The van der Waals surface area contributed by atoms with Crippen molar-refractivity contribution < 1.29 is 5.11 Å². The molecule has 0 fully saturated rings. The Labute approximate surface area is 80.2 Å². The quantitative estimate of drug-likeness (QED) is 0.600. The lowest BCUT2D eigenvalue weighted by molar-refractivity contribution is 0.476.